The van der Waals surface area contributed by atoms with E-state index in [-0.39, 0.29) is 18.6 Å². The van der Waals surface area contributed by atoms with E-state index in [9.17, 15) is 9.90 Å². The number of carbonyl (C=O) groups excluding carboxylic acids is 1. The van der Waals surface area contributed by atoms with Gasteiger partial charge in [-0.15, -0.1) is 0 Å². The van der Waals surface area contributed by atoms with Gasteiger partial charge in [0.25, 0.3) is 5.91 Å². The number of likely N-dealkylation sites (tertiary alicyclic amines) is 1. The van der Waals surface area contributed by atoms with Gasteiger partial charge in [-0.2, -0.15) is 0 Å². The minimum Gasteiger partial charge on any atom is -0.394 e. The van der Waals surface area contributed by atoms with Crippen molar-refractivity contribution in [1.82, 2.24) is 9.88 Å². The Morgan fingerprint density at radius 2 is 2.30 bits per heavy atom. The Labute approximate surface area is 119 Å². The summed E-state index contributed by atoms with van der Waals surface area (Å²) in [5.74, 6) is 0.340. The molecule has 2 heterocycles. The maximum Gasteiger partial charge on any atom is 0.254 e. The number of carbonyl (C=O) groups is 1. The number of aryl methyl sites for hydroxylation is 1. The van der Waals surface area contributed by atoms with Gasteiger partial charge in [0.2, 0.25) is 0 Å². The third-order valence-corrected chi connectivity index (χ3v) is 3.75. The molecule has 0 spiro atoms. The van der Waals surface area contributed by atoms with Crippen LogP contribution in [0, 0.1) is 0 Å². The second-order valence-electron chi connectivity index (χ2n) is 5.35. The lowest BCUT2D eigenvalue weighted by Crippen LogP contribution is -2.45. The fourth-order valence-electron chi connectivity index (χ4n) is 2.74. The molecule has 1 fully saturated rings. The van der Waals surface area contributed by atoms with E-state index >= 15 is 0 Å². The number of rotatable bonds is 4. The summed E-state index contributed by atoms with van der Waals surface area (Å²) in [6.45, 7) is 2.79. The molecule has 20 heavy (non-hydrogen) atoms. The van der Waals surface area contributed by atoms with E-state index < -0.39 is 0 Å². The van der Waals surface area contributed by atoms with Gasteiger partial charge in [-0.3, -0.25) is 4.79 Å². The molecule has 1 saturated heterocycles. The lowest BCUT2D eigenvalue weighted by molar-refractivity contribution is 0.0503. The van der Waals surface area contributed by atoms with Crippen molar-refractivity contribution in [2.24, 2.45) is 0 Å². The molecule has 1 aliphatic rings. The van der Waals surface area contributed by atoms with Crippen LogP contribution >= 0.6 is 0 Å². The molecule has 0 bridgehead atoms. The number of amides is 1. The molecule has 1 unspecified atom stereocenters. The number of nitrogens with two attached hydrogens (primary N) is 1. The monoisotopic (exact) mass is 277 g/mol. The van der Waals surface area contributed by atoms with Crippen LogP contribution in [0.1, 0.15) is 48.7 Å². The van der Waals surface area contributed by atoms with E-state index in [1.54, 1.807) is 11.0 Å². The Morgan fingerprint density at radius 3 is 3.00 bits per heavy atom. The Hall–Kier alpha value is -1.62. The van der Waals surface area contributed by atoms with Crippen LogP contribution in [0.25, 0.3) is 0 Å². The topological polar surface area (TPSA) is 79.5 Å². The summed E-state index contributed by atoms with van der Waals surface area (Å²) in [7, 11) is 0. The number of nitrogens with zero attached hydrogens (tertiary/aromatic N) is 2. The van der Waals surface area contributed by atoms with Crippen LogP contribution in [0.3, 0.4) is 0 Å². The van der Waals surface area contributed by atoms with Gasteiger partial charge in [-0.25, -0.2) is 4.98 Å². The summed E-state index contributed by atoms with van der Waals surface area (Å²) in [4.78, 5) is 18.6. The van der Waals surface area contributed by atoms with Crippen molar-refractivity contribution in [1.29, 1.82) is 0 Å². The van der Waals surface area contributed by atoms with E-state index in [0.717, 1.165) is 37.8 Å². The van der Waals surface area contributed by atoms with Crippen LogP contribution in [0.4, 0.5) is 5.82 Å². The minimum atomic E-state index is -0.0692. The van der Waals surface area contributed by atoms with E-state index in [0.29, 0.717) is 17.9 Å². The fourth-order valence-corrected chi connectivity index (χ4v) is 2.74. The first kappa shape index (κ1) is 14.8. The lowest BCUT2D eigenvalue weighted by Gasteiger charge is -2.34. The summed E-state index contributed by atoms with van der Waals surface area (Å²) in [5.41, 5.74) is 7.23. The first-order valence-electron chi connectivity index (χ1n) is 7.34. The molecule has 0 aromatic carbocycles. The zero-order chi connectivity index (χ0) is 14.5. The number of aliphatic hydroxyl groups is 1. The Kier molecular flexibility index (Phi) is 4.95. The van der Waals surface area contributed by atoms with Crippen molar-refractivity contribution in [2.75, 3.05) is 18.9 Å². The average molecular weight is 277 g/mol. The molecule has 1 aliphatic heterocycles. The van der Waals surface area contributed by atoms with Gasteiger partial charge in [0.05, 0.1) is 12.6 Å². The lowest BCUT2D eigenvalue weighted by atomic mass is 10.0. The average Bonchev–Trinajstić information content (AvgIpc) is 2.46. The molecular formula is C15H23N3O2. The zero-order valence-electron chi connectivity index (χ0n) is 12.0. The van der Waals surface area contributed by atoms with E-state index in [2.05, 4.69) is 11.9 Å². The Bertz CT molecular complexity index is 476. The quantitative estimate of drug-likeness (QED) is 0.876. The molecule has 1 atom stereocenters. The molecule has 110 valence electrons. The van der Waals surface area contributed by atoms with Crippen molar-refractivity contribution in [2.45, 2.75) is 45.1 Å². The summed E-state index contributed by atoms with van der Waals surface area (Å²) in [5, 5.41) is 9.42. The standard InChI is InChI=1S/C15H23N3O2/c1-2-5-12-8-11(9-14(16)17-12)15(20)18-7-4-3-6-13(18)10-19/h8-9,13,19H,2-7,10H2,1H3,(H2,16,17). The molecule has 0 aliphatic carbocycles. The number of aliphatic hydroxyl groups excluding tert-OH is 1. The van der Waals surface area contributed by atoms with Gasteiger partial charge in [0.1, 0.15) is 5.82 Å². The second-order valence-corrected chi connectivity index (χ2v) is 5.35. The smallest absolute Gasteiger partial charge is 0.254 e. The van der Waals surface area contributed by atoms with Crippen LogP contribution in [-0.4, -0.2) is 40.1 Å². The summed E-state index contributed by atoms with van der Waals surface area (Å²) in [6.07, 6.45) is 4.70. The number of nitrogen functional groups attached to an aromatic ring is 1. The number of hydrogen-bond acceptors (Lipinski definition) is 4. The molecular weight excluding hydrogens is 254 g/mol. The highest BCUT2D eigenvalue weighted by atomic mass is 16.3. The van der Waals surface area contributed by atoms with Crippen LogP contribution in [-0.2, 0) is 6.42 Å². The van der Waals surface area contributed by atoms with Crippen LogP contribution < -0.4 is 5.73 Å². The molecule has 1 aromatic rings. The molecule has 0 saturated carbocycles. The van der Waals surface area contributed by atoms with Gasteiger partial charge in [0.15, 0.2) is 0 Å². The van der Waals surface area contributed by atoms with Gasteiger partial charge >= 0.3 is 0 Å². The van der Waals surface area contributed by atoms with Crippen molar-refractivity contribution in [3.63, 3.8) is 0 Å². The van der Waals surface area contributed by atoms with Crippen LogP contribution in [0.15, 0.2) is 12.1 Å². The van der Waals surface area contributed by atoms with Crippen LogP contribution in [0.5, 0.6) is 0 Å². The number of anilines is 1. The normalized spacial score (nSPS) is 19.1. The van der Waals surface area contributed by atoms with E-state index in [1.165, 1.54) is 0 Å². The van der Waals surface area contributed by atoms with Gasteiger partial charge < -0.3 is 15.7 Å². The van der Waals surface area contributed by atoms with Gasteiger partial charge in [-0.05, 0) is 37.8 Å². The van der Waals surface area contributed by atoms with Crippen molar-refractivity contribution in [3.05, 3.63) is 23.4 Å². The Morgan fingerprint density at radius 1 is 1.50 bits per heavy atom. The predicted octanol–water partition coefficient (Wildman–Crippen LogP) is 1.60. The zero-order valence-corrected chi connectivity index (χ0v) is 12.0. The largest absolute Gasteiger partial charge is 0.394 e. The summed E-state index contributed by atoms with van der Waals surface area (Å²) >= 11 is 0. The molecule has 3 N–H and O–H groups in total. The Balaban J connectivity index is 2.23. The highest BCUT2D eigenvalue weighted by Crippen LogP contribution is 2.20. The van der Waals surface area contributed by atoms with E-state index in [4.69, 9.17) is 5.73 Å². The van der Waals surface area contributed by atoms with Gasteiger partial charge in [-0.1, -0.05) is 13.3 Å². The van der Waals surface area contributed by atoms with Crippen molar-refractivity contribution < 1.29 is 9.90 Å². The van der Waals surface area contributed by atoms with Gasteiger partial charge in [0, 0.05) is 17.8 Å². The van der Waals surface area contributed by atoms with Crippen LogP contribution in [0.2, 0.25) is 0 Å². The molecule has 5 nitrogen and oxygen atoms in total. The predicted molar refractivity (Wildman–Crippen MR) is 78.4 cm³/mol. The number of piperidine rings is 1. The number of aromatic nitrogens is 1. The highest BCUT2D eigenvalue weighted by Gasteiger charge is 2.27. The SMILES string of the molecule is CCCc1cc(C(=O)N2CCCCC2CO)cc(N)n1. The molecule has 0 radical (unpaired) electrons. The maximum absolute atomic E-state index is 12.6. The molecule has 1 amide bonds. The minimum absolute atomic E-state index is 0.0219. The third kappa shape index (κ3) is 3.28. The summed E-state index contributed by atoms with van der Waals surface area (Å²) < 4.78 is 0. The molecule has 1 aromatic heterocycles. The molecule has 2 rings (SSSR count). The fraction of sp³-hybridized carbons (Fsp3) is 0.600. The van der Waals surface area contributed by atoms with Crippen molar-refractivity contribution >= 4 is 11.7 Å². The van der Waals surface area contributed by atoms with Crippen molar-refractivity contribution in [3.8, 4) is 0 Å². The van der Waals surface area contributed by atoms with E-state index in [1.807, 2.05) is 6.07 Å². The highest BCUT2D eigenvalue weighted by molar-refractivity contribution is 5.95. The first-order valence-corrected chi connectivity index (χ1v) is 7.34. The number of pyridine rings is 1. The summed E-state index contributed by atoms with van der Waals surface area (Å²) in [6, 6.07) is 3.38. The first-order chi connectivity index (χ1) is 9.65. The number of hydrogen-bond donors (Lipinski definition) is 2. The molecule has 5 heteroatoms. The third-order valence-electron chi connectivity index (χ3n) is 3.75. The second kappa shape index (κ2) is 6.70. The maximum atomic E-state index is 12.6.